The zero-order valence-corrected chi connectivity index (χ0v) is 18.3. The van der Waals surface area contributed by atoms with Gasteiger partial charge in [0, 0.05) is 17.5 Å². The molecule has 0 radical (unpaired) electrons. The van der Waals surface area contributed by atoms with Crippen LogP contribution in [0, 0.1) is 5.82 Å². The maximum absolute atomic E-state index is 14.3. The summed E-state index contributed by atoms with van der Waals surface area (Å²) in [6, 6.07) is 17.0. The monoisotopic (exact) mass is 433 g/mol. The molecule has 2 heterocycles. The molecule has 1 fully saturated rings. The van der Waals surface area contributed by atoms with Crippen LogP contribution in [0.25, 0.3) is 11.1 Å². The largest absolute Gasteiger partial charge is 0.369 e. The van der Waals surface area contributed by atoms with E-state index in [1.807, 2.05) is 36.6 Å². The molecule has 2 aliphatic rings. The van der Waals surface area contributed by atoms with E-state index in [4.69, 9.17) is 10.7 Å². The topological polar surface area (TPSA) is 58.7 Å². The van der Waals surface area contributed by atoms with Crippen molar-refractivity contribution in [3.05, 3.63) is 81.8 Å². The van der Waals surface area contributed by atoms with Gasteiger partial charge in [0.15, 0.2) is 5.96 Å². The third kappa shape index (κ3) is 3.35. The minimum absolute atomic E-state index is 0.0880. The first kappa shape index (κ1) is 19.9. The number of benzene rings is 2. The Hall–Kier alpha value is -2.99. The first-order valence-electron chi connectivity index (χ1n) is 10.4. The van der Waals surface area contributed by atoms with E-state index in [-0.39, 0.29) is 17.7 Å². The summed E-state index contributed by atoms with van der Waals surface area (Å²) in [7, 11) is 1.66. The number of nitrogens with zero attached hydrogens (tertiary/aromatic N) is 2. The van der Waals surface area contributed by atoms with E-state index in [1.165, 1.54) is 40.7 Å². The van der Waals surface area contributed by atoms with Crippen LogP contribution >= 0.6 is 11.3 Å². The van der Waals surface area contributed by atoms with Crippen LogP contribution in [0.4, 0.5) is 4.39 Å². The molecular formula is C25H24FN3OS. The van der Waals surface area contributed by atoms with Gasteiger partial charge in [0.1, 0.15) is 11.4 Å². The number of carbonyl (C=O) groups is 1. The molecule has 2 atom stereocenters. The predicted octanol–water partition coefficient (Wildman–Crippen LogP) is 5.22. The zero-order chi connectivity index (χ0) is 21.8. The van der Waals surface area contributed by atoms with Gasteiger partial charge in [-0.25, -0.2) is 9.38 Å². The Labute approximate surface area is 185 Å². The number of rotatable bonds is 4. The highest BCUT2D eigenvalue weighted by atomic mass is 32.1. The fourth-order valence-corrected chi connectivity index (χ4v) is 5.45. The highest BCUT2D eigenvalue weighted by Crippen LogP contribution is 2.48. The van der Waals surface area contributed by atoms with Crippen LogP contribution in [-0.2, 0) is 10.3 Å². The number of hydrogen-bond acceptors (Lipinski definition) is 4. The Morgan fingerprint density at radius 3 is 2.48 bits per heavy atom. The Morgan fingerprint density at radius 1 is 1.13 bits per heavy atom. The van der Waals surface area contributed by atoms with Crippen LogP contribution in [0.5, 0.6) is 0 Å². The van der Waals surface area contributed by atoms with Gasteiger partial charge in [-0.2, -0.15) is 0 Å². The smallest absolute Gasteiger partial charge is 0.239 e. The van der Waals surface area contributed by atoms with Crippen molar-refractivity contribution in [2.75, 3.05) is 7.05 Å². The van der Waals surface area contributed by atoms with Crippen molar-refractivity contribution in [1.29, 1.82) is 0 Å². The molecule has 1 aliphatic heterocycles. The number of aliphatic imine (C=N–C) groups is 1. The number of hydrogen-bond donors (Lipinski definition) is 1. The lowest BCUT2D eigenvalue weighted by Crippen LogP contribution is -2.52. The molecule has 0 saturated heterocycles. The molecule has 3 aromatic rings. The average molecular weight is 434 g/mol. The lowest BCUT2D eigenvalue weighted by molar-refractivity contribution is -0.130. The van der Waals surface area contributed by atoms with E-state index in [9.17, 15) is 9.18 Å². The molecule has 1 amide bonds. The van der Waals surface area contributed by atoms with E-state index in [2.05, 4.69) is 12.1 Å². The van der Waals surface area contributed by atoms with Crippen molar-refractivity contribution in [2.24, 2.45) is 10.7 Å². The molecule has 1 saturated carbocycles. The van der Waals surface area contributed by atoms with Crippen molar-refractivity contribution in [2.45, 2.75) is 37.1 Å². The van der Waals surface area contributed by atoms with Crippen LogP contribution in [0.15, 0.2) is 65.0 Å². The summed E-state index contributed by atoms with van der Waals surface area (Å²) in [5.41, 5.74) is 8.82. The molecule has 0 spiro atoms. The third-order valence-electron chi connectivity index (χ3n) is 6.43. The first-order valence-corrected chi connectivity index (χ1v) is 11.3. The number of guanidine groups is 1. The van der Waals surface area contributed by atoms with E-state index < -0.39 is 11.5 Å². The van der Waals surface area contributed by atoms with Gasteiger partial charge < -0.3 is 5.73 Å². The van der Waals surface area contributed by atoms with Gasteiger partial charge in [-0.1, -0.05) is 42.5 Å². The Morgan fingerprint density at radius 2 is 1.81 bits per heavy atom. The second-order valence-electron chi connectivity index (χ2n) is 8.57. The standard InChI is InChI=1S/C25H24FN3OS/c1-25(21-13-18(14-31-21)19-5-3-4-6-20(19)26)22(23(30)29(2)24(27)28-25)17-11-9-16(10-12-17)15-7-8-15/h3-6,9-15,22H,7-8H2,1-2H3,(H2,27,28)/t22-,25?/m0/s1. The lowest BCUT2D eigenvalue weighted by atomic mass is 9.77. The Bertz CT molecular complexity index is 1180. The van der Waals surface area contributed by atoms with Crippen LogP contribution in [0.1, 0.15) is 47.6 Å². The SMILES string of the molecule is CN1C(=O)[C@H](c2ccc(C3CC3)cc2)C(C)(c2cc(-c3ccccc3F)cs2)N=C1N. The van der Waals surface area contributed by atoms with Crippen molar-refractivity contribution < 1.29 is 9.18 Å². The number of thiophene rings is 1. The van der Waals surface area contributed by atoms with Gasteiger partial charge in [-0.15, -0.1) is 11.3 Å². The summed E-state index contributed by atoms with van der Waals surface area (Å²) in [5.74, 6) is -0.0227. The lowest BCUT2D eigenvalue weighted by Gasteiger charge is -2.40. The number of halogens is 1. The first-order chi connectivity index (χ1) is 14.9. The molecular weight excluding hydrogens is 409 g/mol. The number of nitrogens with two attached hydrogens (primary N) is 1. The summed E-state index contributed by atoms with van der Waals surface area (Å²) in [5, 5.41) is 1.92. The minimum Gasteiger partial charge on any atom is -0.369 e. The normalized spacial score (nSPS) is 23.7. The zero-order valence-electron chi connectivity index (χ0n) is 17.5. The highest BCUT2D eigenvalue weighted by molar-refractivity contribution is 7.10. The van der Waals surface area contributed by atoms with Crippen molar-refractivity contribution in [1.82, 2.24) is 4.90 Å². The average Bonchev–Trinajstić information content (AvgIpc) is 3.49. The maximum Gasteiger partial charge on any atom is 0.239 e. The minimum atomic E-state index is -0.872. The maximum atomic E-state index is 14.3. The summed E-state index contributed by atoms with van der Waals surface area (Å²) in [6.07, 6.45) is 2.47. The van der Waals surface area contributed by atoms with Gasteiger partial charge in [0.05, 0.1) is 5.92 Å². The summed E-state index contributed by atoms with van der Waals surface area (Å²) >= 11 is 1.48. The molecule has 4 nitrogen and oxygen atoms in total. The van der Waals surface area contributed by atoms with Gasteiger partial charge in [0.2, 0.25) is 5.91 Å². The second-order valence-corrected chi connectivity index (χ2v) is 9.48. The van der Waals surface area contributed by atoms with Gasteiger partial charge in [-0.05, 0) is 59.9 Å². The van der Waals surface area contributed by atoms with Crippen molar-refractivity contribution in [3.63, 3.8) is 0 Å². The molecule has 1 aromatic heterocycles. The molecule has 1 unspecified atom stereocenters. The van der Waals surface area contributed by atoms with Crippen molar-refractivity contribution >= 4 is 23.2 Å². The van der Waals surface area contributed by atoms with E-state index in [0.29, 0.717) is 11.5 Å². The van der Waals surface area contributed by atoms with Crippen molar-refractivity contribution in [3.8, 4) is 11.1 Å². The highest BCUT2D eigenvalue weighted by Gasteiger charge is 2.48. The Balaban J connectivity index is 1.60. The van der Waals surface area contributed by atoms with Gasteiger partial charge >= 0.3 is 0 Å². The number of amides is 1. The third-order valence-corrected chi connectivity index (χ3v) is 7.59. The van der Waals surface area contributed by atoms with Gasteiger partial charge in [0.25, 0.3) is 0 Å². The van der Waals surface area contributed by atoms with Crippen LogP contribution in [0.3, 0.4) is 0 Å². The van der Waals surface area contributed by atoms with Crippen LogP contribution < -0.4 is 5.73 Å². The van der Waals surface area contributed by atoms with E-state index in [0.717, 1.165) is 16.0 Å². The summed E-state index contributed by atoms with van der Waals surface area (Å²) in [4.78, 5) is 20.5. The van der Waals surface area contributed by atoms with Crippen LogP contribution in [-0.4, -0.2) is 23.8 Å². The number of likely N-dealkylation sites (N-methyl/N-ethyl adjacent to an activating group) is 1. The fraction of sp³-hybridized carbons (Fsp3) is 0.280. The number of carbonyl (C=O) groups excluding carboxylic acids is 1. The molecule has 2 N–H and O–H groups in total. The predicted molar refractivity (Wildman–Crippen MR) is 123 cm³/mol. The molecule has 158 valence electrons. The summed E-state index contributed by atoms with van der Waals surface area (Å²) < 4.78 is 14.3. The summed E-state index contributed by atoms with van der Waals surface area (Å²) in [6.45, 7) is 1.95. The molecule has 5 rings (SSSR count). The van der Waals surface area contributed by atoms with Gasteiger partial charge in [-0.3, -0.25) is 9.69 Å². The molecule has 1 aliphatic carbocycles. The fourth-order valence-electron chi connectivity index (χ4n) is 4.40. The second kappa shape index (κ2) is 7.31. The van der Waals surface area contributed by atoms with Crippen LogP contribution in [0.2, 0.25) is 0 Å². The Kier molecular flexibility index (Phi) is 4.70. The molecule has 6 heteroatoms. The molecule has 2 aromatic carbocycles. The molecule has 0 bridgehead atoms. The quantitative estimate of drug-likeness (QED) is 0.613. The van der Waals surface area contributed by atoms with E-state index in [1.54, 1.807) is 19.2 Å². The van der Waals surface area contributed by atoms with E-state index >= 15 is 0 Å². The molecule has 31 heavy (non-hydrogen) atoms.